The van der Waals surface area contributed by atoms with Gasteiger partial charge in [-0.2, -0.15) is 0 Å². The SMILES string of the molecule is Cc1nc(C)c(C(=O)NC(CO)c2ccc(Br)cc2)o1. The first-order valence-electron chi connectivity index (χ1n) is 6.12. The predicted octanol–water partition coefficient (Wildman–Crippen LogP) is 2.52. The molecule has 0 saturated carbocycles. The van der Waals surface area contributed by atoms with Crippen LogP contribution in [0, 0.1) is 13.8 Å². The highest BCUT2D eigenvalue weighted by Crippen LogP contribution is 2.18. The lowest BCUT2D eigenvalue weighted by atomic mass is 10.1. The smallest absolute Gasteiger partial charge is 0.289 e. The standard InChI is InChI=1S/C14H15BrN2O3/c1-8-13(20-9(2)16-8)14(19)17-12(7-18)10-3-5-11(15)6-4-10/h3-6,12,18H,7H2,1-2H3,(H,17,19). The number of oxazole rings is 1. The van der Waals surface area contributed by atoms with Gasteiger partial charge in [0.15, 0.2) is 5.89 Å². The average Bonchev–Trinajstić information content (AvgIpc) is 2.76. The van der Waals surface area contributed by atoms with Gasteiger partial charge >= 0.3 is 0 Å². The van der Waals surface area contributed by atoms with E-state index < -0.39 is 6.04 Å². The molecule has 1 atom stereocenters. The van der Waals surface area contributed by atoms with Crippen LogP contribution in [0.1, 0.15) is 33.7 Å². The van der Waals surface area contributed by atoms with Crippen LogP contribution in [0.15, 0.2) is 33.2 Å². The number of nitrogens with zero attached hydrogens (tertiary/aromatic N) is 1. The van der Waals surface area contributed by atoms with Gasteiger partial charge in [-0.15, -0.1) is 0 Å². The average molecular weight is 339 g/mol. The fraction of sp³-hybridized carbons (Fsp3) is 0.286. The summed E-state index contributed by atoms with van der Waals surface area (Å²) in [5.41, 5.74) is 1.35. The van der Waals surface area contributed by atoms with Crippen molar-refractivity contribution in [1.82, 2.24) is 10.3 Å². The van der Waals surface area contributed by atoms with E-state index in [9.17, 15) is 9.90 Å². The molecule has 1 aromatic heterocycles. The minimum absolute atomic E-state index is 0.179. The molecule has 0 aliphatic heterocycles. The van der Waals surface area contributed by atoms with E-state index in [1.807, 2.05) is 24.3 Å². The summed E-state index contributed by atoms with van der Waals surface area (Å²) in [6.07, 6.45) is 0. The number of amides is 1. The van der Waals surface area contributed by atoms with E-state index in [0.717, 1.165) is 10.0 Å². The van der Waals surface area contributed by atoms with Crippen LogP contribution in [-0.4, -0.2) is 22.6 Å². The molecule has 0 spiro atoms. The fourth-order valence-corrected chi connectivity index (χ4v) is 2.16. The first-order valence-corrected chi connectivity index (χ1v) is 6.91. The maximum Gasteiger partial charge on any atom is 0.289 e. The number of aromatic nitrogens is 1. The molecule has 2 aromatic rings. The van der Waals surface area contributed by atoms with Crippen LogP contribution in [0.5, 0.6) is 0 Å². The zero-order valence-corrected chi connectivity index (χ0v) is 12.8. The Morgan fingerprint density at radius 1 is 1.40 bits per heavy atom. The lowest BCUT2D eigenvalue weighted by Gasteiger charge is -2.16. The Bertz CT molecular complexity index is 607. The number of aliphatic hydroxyl groups is 1. The quantitative estimate of drug-likeness (QED) is 0.898. The highest BCUT2D eigenvalue weighted by atomic mass is 79.9. The third-order valence-electron chi connectivity index (χ3n) is 2.87. The van der Waals surface area contributed by atoms with Gasteiger partial charge in [-0.1, -0.05) is 28.1 Å². The summed E-state index contributed by atoms with van der Waals surface area (Å²) in [5.74, 6) is 0.236. The van der Waals surface area contributed by atoms with Gasteiger partial charge in [-0.25, -0.2) is 4.98 Å². The van der Waals surface area contributed by atoms with Crippen molar-refractivity contribution in [1.29, 1.82) is 0 Å². The number of hydrogen-bond acceptors (Lipinski definition) is 4. The van der Waals surface area contributed by atoms with Crippen molar-refractivity contribution in [3.05, 3.63) is 51.6 Å². The Morgan fingerprint density at radius 3 is 2.55 bits per heavy atom. The molecule has 1 unspecified atom stereocenters. The lowest BCUT2D eigenvalue weighted by molar-refractivity contribution is 0.0886. The number of aliphatic hydroxyl groups excluding tert-OH is 1. The number of hydrogen-bond donors (Lipinski definition) is 2. The zero-order valence-electron chi connectivity index (χ0n) is 11.2. The second-order valence-corrected chi connectivity index (χ2v) is 5.32. The number of nitrogens with one attached hydrogen (secondary N) is 1. The topological polar surface area (TPSA) is 75.4 Å². The molecule has 0 fully saturated rings. The molecule has 6 heteroatoms. The Morgan fingerprint density at radius 2 is 2.05 bits per heavy atom. The van der Waals surface area contributed by atoms with Gasteiger partial charge in [-0.05, 0) is 24.6 Å². The van der Waals surface area contributed by atoms with Crippen LogP contribution in [-0.2, 0) is 0 Å². The van der Waals surface area contributed by atoms with Gasteiger partial charge in [0.1, 0.15) is 0 Å². The molecule has 1 heterocycles. The van der Waals surface area contributed by atoms with Crippen molar-refractivity contribution in [2.24, 2.45) is 0 Å². The summed E-state index contributed by atoms with van der Waals surface area (Å²) >= 11 is 3.34. The third-order valence-corrected chi connectivity index (χ3v) is 3.40. The number of carbonyl (C=O) groups excluding carboxylic acids is 1. The number of halogens is 1. The maximum atomic E-state index is 12.1. The molecule has 0 bridgehead atoms. The molecule has 20 heavy (non-hydrogen) atoms. The number of carbonyl (C=O) groups is 1. The van der Waals surface area contributed by atoms with Crippen molar-refractivity contribution < 1.29 is 14.3 Å². The van der Waals surface area contributed by atoms with E-state index in [4.69, 9.17) is 4.42 Å². The molecule has 0 aliphatic carbocycles. The lowest BCUT2D eigenvalue weighted by Crippen LogP contribution is -2.30. The van der Waals surface area contributed by atoms with Crippen molar-refractivity contribution in [2.45, 2.75) is 19.9 Å². The molecular formula is C14H15BrN2O3. The van der Waals surface area contributed by atoms with Crippen molar-refractivity contribution in [3.8, 4) is 0 Å². The van der Waals surface area contributed by atoms with Gasteiger partial charge in [0.2, 0.25) is 5.76 Å². The molecule has 2 rings (SSSR count). The van der Waals surface area contributed by atoms with Crippen LogP contribution >= 0.6 is 15.9 Å². The highest BCUT2D eigenvalue weighted by molar-refractivity contribution is 9.10. The largest absolute Gasteiger partial charge is 0.436 e. The Hall–Kier alpha value is -1.66. The van der Waals surface area contributed by atoms with Crippen LogP contribution in [0.2, 0.25) is 0 Å². The summed E-state index contributed by atoms with van der Waals surface area (Å²) in [7, 11) is 0. The third kappa shape index (κ3) is 3.26. The Labute approximate surface area is 125 Å². The van der Waals surface area contributed by atoms with E-state index in [2.05, 4.69) is 26.2 Å². The highest BCUT2D eigenvalue weighted by Gasteiger charge is 2.20. The molecule has 5 nitrogen and oxygen atoms in total. The van der Waals surface area contributed by atoms with E-state index >= 15 is 0 Å². The number of aryl methyl sites for hydroxylation is 2. The number of rotatable bonds is 4. The summed E-state index contributed by atoms with van der Waals surface area (Å²) in [4.78, 5) is 16.2. The normalized spacial score (nSPS) is 12.2. The van der Waals surface area contributed by atoms with Gasteiger partial charge in [0, 0.05) is 11.4 Å². The molecule has 2 N–H and O–H groups in total. The summed E-state index contributed by atoms with van der Waals surface area (Å²) < 4.78 is 6.20. The molecule has 0 radical (unpaired) electrons. The second kappa shape index (κ2) is 6.19. The van der Waals surface area contributed by atoms with Gasteiger partial charge in [0.25, 0.3) is 5.91 Å². The zero-order chi connectivity index (χ0) is 14.7. The Balaban J connectivity index is 2.16. The van der Waals surface area contributed by atoms with E-state index in [-0.39, 0.29) is 18.3 Å². The monoisotopic (exact) mass is 338 g/mol. The van der Waals surface area contributed by atoms with E-state index in [1.54, 1.807) is 13.8 Å². The minimum Gasteiger partial charge on any atom is -0.436 e. The van der Waals surface area contributed by atoms with E-state index in [0.29, 0.717) is 11.6 Å². The summed E-state index contributed by atoms with van der Waals surface area (Å²) in [6.45, 7) is 3.20. The fourth-order valence-electron chi connectivity index (χ4n) is 1.90. The molecule has 0 aliphatic rings. The number of benzene rings is 1. The van der Waals surface area contributed by atoms with Gasteiger partial charge in [0.05, 0.1) is 18.3 Å². The summed E-state index contributed by atoms with van der Waals surface area (Å²) in [6, 6.07) is 6.90. The van der Waals surface area contributed by atoms with Crippen molar-refractivity contribution >= 4 is 21.8 Å². The van der Waals surface area contributed by atoms with Gasteiger partial charge < -0.3 is 14.8 Å². The summed E-state index contributed by atoms with van der Waals surface area (Å²) in [5, 5.41) is 12.2. The van der Waals surface area contributed by atoms with Crippen molar-refractivity contribution in [2.75, 3.05) is 6.61 Å². The molecule has 106 valence electrons. The van der Waals surface area contributed by atoms with E-state index in [1.165, 1.54) is 0 Å². The second-order valence-electron chi connectivity index (χ2n) is 4.41. The molecule has 1 amide bonds. The molecule has 0 saturated heterocycles. The predicted molar refractivity (Wildman–Crippen MR) is 77.4 cm³/mol. The molecule has 1 aromatic carbocycles. The minimum atomic E-state index is -0.486. The van der Waals surface area contributed by atoms with Crippen LogP contribution in [0.4, 0.5) is 0 Å². The maximum absolute atomic E-state index is 12.1. The Kier molecular flexibility index (Phi) is 4.57. The van der Waals surface area contributed by atoms with Crippen molar-refractivity contribution in [3.63, 3.8) is 0 Å². The van der Waals surface area contributed by atoms with Crippen LogP contribution in [0.3, 0.4) is 0 Å². The first-order chi connectivity index (χ1) is 9.51. The van der Waals surface area contributed by atoms with Crippen LogP contribution in [0.25, 0.3) is 0 Å². The molecular weight excluding hydrogens is 324 g/mol. The first kappa shape index (κ1) is 14.7. The van der Waals surface area contributed by atoms with Crippen LogP contribution < -0.4 is 5.32 Å². The van der Waals surface area contributed by atoms with Gasteiger partial charge in [-0.3, -0.25) is 4.79 Å².